The number of nitrogens with one attached hydrogen (secondary N) is 1. The predicted octanol–water partition coefficient (Wildman–Crippen LogP) is 4.25. The van der Waals surface area contributed by atoms with Crippen molar-refractivity contribution in [2.45, 2.75) is 6.92 Å². The van der Waals surface area contributed by atoms with Crippen molar-refractivity contribution in [2.75, 3.05) is 0 Å². The van der Waals surface area contributed by atoms with Crippen LogP contribution in [-0.2, 0) is 0 Å². The molecule has 16 heavy (non-hydrogen) atoms. The first kappa shape index (κ1) is 9.87. The van der Waals surface area contributed by atoms with Crippen LogP contribution in [0.25, 0.3) is 21.7 Å². The number of hydrogen-bond donors (Lipinski definition) is 1. The quantitative estimate of drug-likeness (QED) is 0.685. The molecule has 80 valence electrons. The molecular weight excluding hydrogens is 240 g/mol. The van der Waals surface area contributed by atoms with Crippen LogP contribution in [0.3, 0.4) is 0 Å². The molecule has 3 aromatic rings. The Morgan fingerprint density at radius 2 is 2.12 bits per heavy atom. The zero-order valence-corrected chi connectivity index (χ0v) is 10.2. The molecule has 0 aliphatic rings. The number of thiophene rings is 1. The van der Waals surface area contributed by atoms with Crippen LogP contribution in [0, 0.1) is 6.92 Å². The van der Waals surface area contributed by atoms with Gasteiger partial charge in [-0.1, -0.05) is 11.6 Å². The number of nitrogens with zero attached hydrogens (tertiary/aromatic N) is 1. The van der Waals surface area contributed by atoms with E-state index in [1.54, 1.807) is 11.3 Å². The molecule has 0 atom stereocenters. The van der Waals surface area contributed by atoms with Crippen molar-refractivity contribution in [2.24, 2.45) is 0 Å². The van der Waals surface area contributed by atoms with E-state index in [1.165, 1.54) is 4.88 Å². The first-order chi connectivity index (χ1) is 7.72. The highest BCUT2D eigenvalue weighted by Gasteiger charge is 2.07. The molecule has 0 amide bonds. The SMILES string of the molecule is Cc1ccc(-c2nc3ccc(Cl)cc3[nH]2)s1. The lowest BCUT2D eigenvalue weighted by Crippen LogP contribution is -1.72. The average molecular weight is 249 g/mol. The van der Waals surface area contributed by atoms with Gasteiger partial charge < -0.3 is 4.98 Å². The van der Waals surface area contributed by atoms with Crippen LogP contribution in [0.1, 0.15) is 4.88 Å². The van der Waals surface area contributed by atoms with Gasteiger partial charge in [0.15, 0.2) is 0 Å². The zero-order valence-electron chi connectivity index (χ0n) is 8.62. The summed E-state index contributed by atoms with van der Waals surface area (Å²) in [5, 5.41) is 0.727. The van der Waals surface area contributed by atoms with Crippen molar-refractivity contribution < 1.29 is 0 Å². The molecular formula is C12H9ClN2S. The first-order valence-electron chi connectivity index (χ1n) is 4.94. The number of rotatable bonds is 1. The highest BCUT2D eigenvalue weighted by molar-refractivity contribution is 7.15. The van der Waals surface area contributed by atoms with Crippen molar-refractivity contribution in [3.8, 4) is 10.7 Å². The molecule has 2 nitrogen and oxygen atoms in total. The first-order valence-corrected chi connectivity index (χ1v) is 6.14. The summed E-state index contributed by atoms with van der Waals surface area (Å²) in [5.74, 6) is 0.912. The summed E-state index contributed by atoms with van der Waals surface area (Å²) >= 11 is 7.67. The molecule has 2 heterocycles. The maximum Gasteiger partial charge on any atom is 0.148 e. The van der Waals surface area contributed by atoms with Crippen molar-refractivity contribution in [3.63, 3.8) is 0 Å². The van der Waals surface area contributed by atoms with Gasteiger partial charge in [-0.25, -0.2) is 4.98 Å². The topological polar surface area (TPSA) is 28.7 Å². The minimum atomic E-state index is 0.727. The minimum Gasteiger partial charge on any atom is -0.337 e. The van der Waals surface area contributed by atoms with E-state index in [-0.39, 0.29) is 0 Å². The number of aromatic nitrogens is 2. The predicted molar refractivity (Wildman–Crippen MR) is 69.2 cm³/mol. The van der Waals surface area contributed by atoms with Gasteiger partial charge in [0.05, 0.1) is 15.9 Å². The number of aromatic amines is 1. The normalized spacial score (nSPS) is 11.1. The summed E-state index contributed by atoms with van der Waals surface area (Å²) in [6.45, 7) is 2.09. The van der Waals surface area contributed by atoms with Crippen LogP contribution in [0.15, 0.2) is 30.3 Å². The Kier molecular flexibility index (Phi) is 2.23. The summed E-state index contributed by atoms with van der Waals surface area (Å²) in [4.78, 5) is 10.3. The lowest BCUT2D eigenvalue weighted by Gasteiger charge is -1.88. The molecule has 0 bridgehead atoms. The van der Waals surface area contributed by atoms with Gasteiger partial charge in [0.2, 0.25) is 0 Å². The maximum absolute atomic E-state index is 5.93. The van der Waals surface area contributed by atoms with E-state index < -0.39 is 0 Å². The van der Waals surface area contributed by atoms with Crippen LogP contribution in [0.2, 0.25) is 5.02 Å². The summed E-state index contributed by atoms with van der Waals surface area (Å²) in [7, 11) is 0. The van der Waals surface area contributed by atoms with Crippen LogP contribution < -0.4 is 0 Å². The molecule has 4 heteroatoms. The third-order valence-corrected chi connectivity index (χ3v) is 3.66. The van der Waals surface area contributed by atoms with E-state index in [0.717, 1.165) is 26.8 Å². The van der Waals surface area contributed by atoms with E-state index in [2.05, 4.69) is 29.0 Å². The number of fused-ring (bicyclic) bond motifs is 1. The Morgan fingerprint density at radius 1 is 1.25 bits per heavy atom. The molecule has 0 fully saturated rings. The van der Waals surface area contributed by atoms with E-state index in [4.69, 9.17) is 11.6 Å². The van der Waals surface area contributed by atoms with Gasteiger partial charge in [0, 0.05) is 9.90 Å². The number of aryl methyl sites for hydroxylation is 1. The second-order valence-electron chi connectivity index (χ2n) is 3.66. The molecule has 0 aliphatic carbocycles. The molecule has 1 N–H and O–H groups in total. The van der Waals surface area contributed by atoms with Gasteiger partial charge in [0.25, 0.3) is 0 Å². The smallest absolute Gasteiger partial charge is 0.148 e. The highest BCUT2D eigenvalue weighted by atomic mass is 35.5. The molecule has 0 radical (unpaired) electrons. The van der Waals surface area contributed by atoms with Gasteiger partial charge in [-0.15, -0.1) is 11.3 Å². The molecule has 0 spiro atoms. The molecule has 3 rings (SSSR count). The van der Waals surface area contributed by atoms with Gasteiger partial charge in [-0.3, -0.25) is 0 Å². The summed E-state index contributed by atoms with van der Waals surface area (Å²) in [6.07, 6.45) is 0. The second kappa shape index (κ2) is 3.61. The van der Waals surface area contributed by atoms with Gasteiger partial charge in [-0.05, 0) is 37.3 Å². The lowest BCUT2D eigenvalue weighted by atomic mass is 10.3. The van der Waals surface area contributed by atoms with E-state index in [1.807, 2.05) is 18.2 Å². The summed E-state index contributed by atoms with van der Waals surface area (Å²) < 4.78 is 0. The lowest BCUT2D eigenvalue weighted by molar-refractivity contribution is 1.36. The van der Waals surface area contributed by atoms with Crippen molar-refractivity contribution in [1.82, 2.24) is 9.97 Å². The zero-order chi connectivity index (χ0) is 11.1. The van der Waals surface area contributed by atoms with Gasteiger partial charge in [-0.2, -0.15) is 0 Å². The van der Waals surface area contributed by atoms with Crippen molar-refractivity contribution in [3.05, 3.63) is 40.2 Å². The molecule has 0 unspecified atom stereocenters. The van der Waals surface area contributed by atoms with Crippen LogP contribution >= 0.6 is 22.9 Å². The Bertz CT molecular complexity index is 654. The van der Waals surface area contributed by atoms with Crippen LogP contribution in [-0.4, -0.2) is 9.97 Å². The van der Waals surface area contributed by atoms with E-state index in [9.17, 15) is 0 Å². The van der Waals surface area contributed by atoms with E-state index >= 15 is 0 Å². The fourth-order valence-electron chi connectivity index (χ4n) is 1.66. The van der Waals surface area contributed by atoms with Gasteiger partial charge in [0.1, 0.15) is 5.82 Å². The van der Waals surface area contributed by atoms with E-state index in [0.29, 0.717) is 0 Å². The molecule has 0 saturated carbocycles. The number of hydrogen-bond acceptors (Lipinski definition) is 2. The average Bonchev–Trinajstić information content (AvgIpc) is 2.83. The highest BCUT2D eigenvalue weighted by Crippen LogP contribution is 2.27. The number of halogens is 1. The molecule has 0 aliphatic heterocycles. The molecule has 0 saturated heterocycles. The Morgan fingerprint density at radius 3 is 2.88 bits per heavy atom. The summed E-state index contributed by atoms with van der Waals surface area (Å²) in [6, 6.07) is 9.86. The Hall–Kier alpha value is -1.32. The summed E-state index contributed by atoms with van der Waals surface area (Å²) in [5.41, 5.74) is 1.93. The van der Waals surface area contributed by atoms with Crippen LogP contribution in [0.5, 0.6) is 0 Å². The monoisotopic (exact) mass is 248 g/mol. The largest absolute Gasteiger partial charge is 0.337 e. The van der Waals surface area contributed by atoms with Crippen molar-refractivity contribution >= 4 is 34.0 Å². The molecule has 2 aromatic heterocycles. The number of imidazole rings is 1. The Labute approximate surface area is 102 Å². The van der Waals surface area contributed by atoms with Gasteiger partial charge >= 0.3 is 0 Å². The number of H-pyrrole nitrogens is 1. The third kappa shape index (κ3) is 1.62. The number of benzene rings is 1. The fourth-order valence-corrected chi connectivity index (χ4v) is 2.64. The maximum atomic E-state index is 5.93. The van der Waals surface area contributed by atoms with Crippen LogP contribution in [0.4, 0.5) is 0 Å². The molecule has 1 aromatic carbocycles. The Balaban J connectivity index is 2.18. The second-order valence-corrected chi connectivity index (χ2v) is 5.38. The minimum absolute atomic E-state index is 0.727. The third-order valence-electron chi connectivity index (χ3n) is 2.42. The standard InChI is InChI=1S/C12H9ClN2S/c1-7-2-5-11(16-7)12-14-9-4-3-8(13)6-10(9)15-12/h2-6H,1H3,(H,14,15). The van der Waals surface area contributed by atoms with Crippen molar-refractivity contribution in [1.29, 1.82) is 0 Å². The fraction of sp³-hybridized carbons (Fsp3) is 0.0833.